The number of halogens is 2. The van der Waals surface area contributed by atoms with E-state index in [2.05, 4.69) is 0 Å². The van der Waals surface area contributed by atoms with Gasteiger partial charge in [-0.25, -0.2) is 8.78 Å². The van der Waals surface area contributed by atoms with E-state index >= 15 is 0 Å². The van der Waals surface area contributed by atoms with Gasteiger partial charge in [-0.2, -0.15) is 0 Å². The second-order valence-electron chi connectivity index (χ2n) is 4.71. The van der Waals surface area contributed by atoms with Crippen molar-refractivity contribution in [1.29, 1.82) is 0 Å². The Morgan fingerprint density at radius 1 is 1.15 bits per heavy atom. The molecule has 0 amide bonds. The molecule has 3 rings (SSSR count). The van der Waals surface area contributed by atoms with Crippen LogP contribution < -0.4 is 4.74 Å². The SMILES string of the molecule is O=C(c1ccc2c(c1)CCCO2)c1cccc(F)c1F. The number of rotatable bonds is 2. The van der Waals surface area contributed by atoms with Crippen molar-refractivity contribution < 1.29 is 18.3 Å². The zero-order chi connectivity index (χ0) is 14.1. The molecule has 0 spiro atoms. The van der Waals surface area contributed by atoms with E-state index in [1.54, 1.807) is 18.2 Å². The maximum atomic E-state index is 13.7. The molecule has 2 aromatic rings. The Hall–Kier alpha value is -2.23. The summed E-state index contributed by atoms with van der Waals surface area (Å²) in [5.74, 6) is -1.88. The summed E-state index contributed by atoms with van der Waals surface area (Å²) in [6.07, 6.45) is 1.71. The molecule has 1 aliphatic heterocycles. The fourth-order valence-corrected chi connectivity index (χ4v) is 2.34. The van der Waals surface area contributed by atoms with Crippen LogP contribution in [0.5, 0.6) is 5.75 Å². The van der Waals surface area contributed by atoms with Crippen LogP contribution in [0.4, 0.5) is 8.78 Å². The Labute approximate surface area is 115 Å². The van der Waals surface area contributed by atoms with E-state index in [-0.39, 0.29) is 5.56 Å². The predicted molar refractivity (Wildman–Crippen MR) is 70.0 cm³/mol. The van der Waals surface area contributed by atoms with Crippen molar-refractivity contribution in [1.82, 2.24) is 0 Å². The summed E-state index contributed by atoms with van der Waals surface area (Å²) in [5.41, 5.74) is 1.03. The van der Waals surface area contributed by atoms with Gasteiger partial charge in [0.25, 0.3) is 0 Å². The molecule has 0 atom stereocenters. The molecule has 1 heterocycles. The van der Waals surface area contributed by atoms with Gasteiger partial charge in [0.05, 0.1) is 12.2 Å². The first-order valence-corrected chi connectivity index (χ1v) is 6.41. The zero-order valence-corrected chi connectivity index (χ0v) is 10.7. The number of ether oxygens (including phenoxy) is 1. The number of carbonyl (C=O) groups excluding carboxylic acids is 1. The molecule has 0 radical (unpaired) electrons. The third-order valence-electron chi connectivity index (χ3n) is 3.37. The van der Waals surface area contributed by atoms with Crippen LogP contribution >= 0.6 is 0 Å². The first-order valence-electron chi connectivity index (χ1n) is 6.41. The van der Waals surface area contributed by atoms with Gasteiger partial charge < -0.3 is 4.74 Å². The third-order valence-corrected chi connectivity index (χ3v) is 3.37. The summed E-state index contributed by atoms with van der Waals surface area (Å²) >= 11 is 0. The van der Waals surface area contributed by atoms with E-state index in [0.29, 0.717) is 12.2 Å². The van der Waals surface area contributed by atoms with Crippen molar-refractivity contribution in [3.05, 3.63) is 64.7 Å². The van der Waals surface area contributed by atoms with Crippen molar-refractivity contribution >= 4 is 5.78 Å². The maximum Gasteiger partial charge on any atom is 0.196 e. The van der Waals surface area contributed by atoms with Crippen LogP contribution in [0.2, 0.25) is 0 Å². The number of ketones is 1. The summed E-state index contributed by atoms with van der Waals surface area (Å²) in [5, 5.41) is 0. The molecule has 0 N–H and O–H groups in total. The first-order chi connectivity index (χ1) is 9.66. The zero-order valence-electron chi connectivity index (χ0n) is 10.7. The number of benzene rings is 2. The highest BCUT2D eigenvalue weighted by Gasteiger charge is 2.19. The van der Waals surface area contributed by atoms with E-state index < -0.39 is 17.4 Å². The molecule has 0 bridgehead atoms. The average Bonchev–Trinajstić information content (AvgIpc) is 2.49. The summed E-state index contributed by atoms with van der Waals surface area (Å²) in [6.45, 7) is 0.665. The summed E-state index contributed by atoms with van der Waals surface area (Å²) < 4.78 is 32.3. The van der Waals surface area contributed by atoms with Crippen LogP contribution in [0, 0.1) is 11.6 Å². The number of hydrogen-bond donors (Lipinski definition) is 0. The van der Waals surface area contributed by atoms with Gasteiger partial charge in [0.15, 0.2) is 17.4 Å². The Morgan fingerprint density at radius 2 is 2.00 bits per heavy atom. The van der Waals surface area contributed by atoms with Crippen molar-refractivity contribution in [2.45, 2.75) is 12.8 Å². The smallest absolute Gasteiger partial charge is 0.196 e. The number of hydrogen-bond acceptors (Lipinski definition) is 2. The Kier molecular flexibility index (Phi) is 3.22. The normalized spacial score (nSPS) is 13.5. The van der Waals surface area contributed by atoms with Gasteiger partial charge in [0.2, 0.25) is 0 Å². The minimum Gasteiger partial charge on any atom is -0.493 e. The van der Waals surface area contributed by atoms with Crippen LogP contribution in [0.3, 0.4) is 0 Å². The topological polar surface area (TPSA) is 26.3 Å². The van der Waals surface area contributed by atoms with Crippen LogP contribution in [0.1, 0.15) is 27.9 Å². The lowest BCUT2D eigenvalue weighted by Gasteiger charge is -2.17. The highest BCUT2D eigenvalue weighted by Crippen LogP contribution is 2.27. The molecule has 0 unspecified atom stereocenters. The molecule has 0 fully saturated rings. The van der Waals surface area contributed by atoms with Crippen LogP contribution in [-0.4, -0.2) is 12.4 Å². The molecule has 2 nitrogen and oxygen atoms in total. The fraction of sp³-hybridized carbons (Fsp3) is 0.188. The van der Waals surface area contributed by atoms with E-state index in [1.807, 2.05) is 0 Å². The molecule has 1 aliphatic rings. The second-order valence-corrected chi connectivity index (χ2v) is 4.71. The van der Waals surface area contributed by atoms with Gasteiger partial charge >= 0.3 is 0 Å². The quantitative estimate of drug-likeness (QED) is 0.783. The third kappa shape index (κ3) is 2.18. The molecule has 20 heavy (non-hydrogen) atoms. The standard InChI is InChI=1S/C16H12F2O2/c17-13-5-1-4-12(15(13)18)16(19)11-6-7-14-10(9-11)3-2-8-20-14/h1,4-7,9H,2-3,8H2. The van der Waals surface area contributed by atoms with E-state index in [4.69, 9.17) is 4.74 Å². The Morgan fingerprint density at radius 3 is 2.85 bits per heavy atom. The second kappa shape index (κ2) is 5.04. The highest BCUT2D eigenvalue weighted by atomic mass is 19.2. The largest absolute Gasteiger partial charge is 0.493 e. The van der Waals surface area contributed by atoms with E-state index in [0.717, 1.165) is 30.2 Å². The fourth-order valence-electron chi connectivity index (χ4n) is 2.34. The molecule has 4 heteroatoms. The van der Waals surface area contributed by atoms with Crippen molar-refractivity contribution in [2.24, 2.45) is 0 Å². The Balaban J connectivity index is 2.00. The monoisotopic (exact) mass is 274 g/mol. The molecular weight excluding hydrogens is 262 g/mol. The van der Waals surface area contributed by atoms with Gasteiger partial charge in [-0.3, -0.25) is 4.79 Å². The maximum absolute atomic E-state index is 13.7. The number of fused-ring (bicyclic) bond motifs is 1. The average molecular weight is 274 g/mol. The minimum atomic E-state index is -1.11. The minimum absolute atomic E-state index is 0.248. The molecule has 2 aromatic carbocycles. The molecule has 0 saturated carbocycles. The van der Waals surface area contributed by atoms with Crippen LogP contribution in [-0.2, 0) is 6.42 Å². The van der Waals surface area contributed by atoms with Gasteiger partial charge in [-0.15, -0.1) is 0 Å². The first kappa shape index (κ1) is 12.8. The molecule has 0 aliphatic carbocycles. The summed E-state index contributed by atoms with van der Waals surface area (Å²) in [7, 11) is 0. The molecule has 102 valence electrons. The Bertz CT molecular complexity index is 680. The van der Waals surface area contributed by atoms with E-state index in [1.165, 1.54) is 12.1 Å². The van der Waals surface area contributed by atoms with Gasteiger partial charge in [0, 0.05) is 5.56 Å². The van der Waals surface area contributed by atoms with Crippen LogP contribution in [0.15, 0.2) is 36.4 Å². The lowest BCUT2D eigenvalue weighted by molar-refractivity contribution is 0.103. The van der Waals surface area contributed by atoms with E-state index in [9.17, 15) is 13.6 Å². The van der Waals surface area contributed by atoms with Crippen molar-refractivity contribution in [3.8, 4) is 5.75 Å². The highest BCUT2D eigenvalue weighted by molar-refractivity contribution is 6.09. The van der Waals surface area contributed by atoms with Gasteiger partial charge in [0.1, 0.15) is 5.75 Å². The predicted octanol–water partition coefficient (Wildman–Crippen LogP) is 3.52. The molecule has 0 aromatic heterocycles. The molecular formula is C16H12F2O2. The van der Waals surface area contributed by atoms with Crippen LogP contribution in [0.25, 0.3) is 0 Å². The lowest BCUT2D eigenvalue weighted by atomic mass is 9.98. The van der Waals surface area contributed by atoms with Gasteiger partial charge in [-0.1, -0.05) is 6.07 Å². The summed E-state index contributed by atoms with van der Waals surface area (Å²) in [4.78, 5) is 12.3. The summed E-state index contributed by atoms with van der Waals surface area (Å²) in [6, 6.07) is 8.59. The molecule has 0 saturated heterocycles. The number of aryl methyl sites for hydroxylation is 1. The lowest BCUT2D eigenvalue weighted by Crippen LogP contribution is -2.11. The van der Waals surface area contributed by atoms with Crippen molar-refractivity contribution in [2.75, 3.05) is 6.61 Å². The number of carbonyl (C=O) groups is 1. The van der Waals surface area contributed by atoms with Gasteiger partial charge in [-0.05, 0) is 48.7 Å². The van der Waals surface area contributed by atoms with Crippen molar-refractivity contribution in [3.63, 3.8) is 0 Å².